The van der Waals surface area contributed by atoms with Crippen LogP contribution in [0.4, 0.5) is 4.39 Å². The Morgan fingerprint density at radius 2 is 1.65 bits per heavy atom. The smallest absolute Gasteiger partial charge is 0.323 e. The molecule has 3 atom stereocenters. The zero-order valence-corrected chi connectivity index (χ0v) is 13.1. The molecular formula is C18H20FNO3. The normalized spacial score (nSPS) is 14.6. The van der Waals surface area contributed by atoms with Crippen LogP contribution in [0, 0.1) is 5.82 Å². The fraction of sp³-hybridized carbons (Fsp3) is 0.278. The number of halogens is 1. The van der Waals surface area contributed by atoms with E-state index in [1.165, 1.54) is 12.1 Å². The summed E-state index contributed by atoms with van der Waals surface area (Å²) in [6, 6.07) is 14.4. The Bertz CT molecular complexity index is 628. The average molecular weight is 317 g/mol. The minimum atomic E-state index is -0.719. The van der Waals surface area contributed by atoms with Gasteiger partial charge in [0.25, 0.3) is 0 Å². The van der Waals surface area contributed by atoms with E-state index >= 15 is 0 Å². The van der Waals surface area contributed by atoms with Gasteiger partial charge in [-0.1, -0.05) is 30.3 Å². The van der Waals surface area contributed by atoms with Crippen LogP contribution in [0.15, 0.2) is 54.6 Å². The van der Waals surface area contributed by atoms with Crippen molar-refractivity contribution in [1.82, 2.24) is 0 Å². The fourth-order valence-electron chi connectivity index (χ4n) is 2.09. The third-order valence-corrected chi connectivity index (χ3v) is 3.30. The molecule has 2 aromatic carbocycles. The van der Waals surface area contributed by atoms with E-state index in [0.29, 0.717) is 11.3 Å². The second-order valence-corrected chi connectivity index (χ2v) is 5.33. The Balaban J connectivity index is 2.23. The molecule has 0 aliphatic carbocycles. The van der Waals surface area contributed by atoms with Crippen molar-refractivity contribution in [1.29, 1.82) is 0 Å². The van der Waals surface area contributed by atoms with Crippen molar-refractivity contribution >= 4 is 5.97 Å². The second-order valence-electron chi connectivity index (χ2n) is 5.33. The van der Waals surface area contributed by atoms with Crippen molar-refractivity contribution in [3.8, 4) is 5.75 Å². The first-order valence-corrected chi connectivity index (χ1v) is 7.40. The largest absolute Gasteiger partial charge is 0.482 e. The number of ether oxygens (including phenoxy) is 2. The van der Waals surface area contributed by atoms with Gasteiger partial charge in [-0.15, -0.1) is 0 Å². The fourth-order valence-corrected chi connectivity index (χ4v) is 2.09. The van der Waals surface area contributed by atoms with E-state index < -0.39 is 24.2 Å². The zero-order valence-electron chi connectivity index (χ0n) is 13.1. The zero-order chi connectivity index (χ0) is 16.8. The molecule has 0 aliphatic rings. The van der Waals surface area contributed by atoms with Gasteiger partial charge in [0.1, 0.15) is 23.7 Å². The molecule has 122 valence electrons. The Labute approximate surface area is 135 Å². The highest BCUT2D eigenvalue weighted by Crippen LogP contribution is 2.27. The third-order valence-electron chi connectivity index (χ3n) is 3.30. The number of benzene rings is 2. The van der Waals surface area contributed by atoms with E-state index in [1.54, 1.807) is 38.1 Å². The van der Waals surface area contributed by atoms with Crippen molar-refractivity contribution in [2.75, 3.05) is 0 Å². The number of rotatable bonds is 6. The van der Waals surface area contributed by atoms with Crippen molar-refractivity contribution < 1.29 is 18.7 Å². The van der Waals surface area contributed by atoms with Gasteiger partial charge in [0.05, 0.1) is 0 Å². The molecule has 5 heteroatoms. The molecule has 0 fully saturated rings. The highest BCUT2D eigenvalue weighted by Gasteiger charge is 2.26. The number of esters is 1. The van der Waals surface area contributed by atoms with Crippen LogP contribution in [0.25, 0.3) is 0 Å². The Morgan fingerprint density at radius 1 is 1.04 bits per heavy atom. The van der Waals surface area contributed by atoms with Gasteiger partial charge in [0.15, 0.2) is 6.10 Å². The predicted molar refractivity (Wildman–Crippen MR) is 85.4 cm³/mol. The van der Waals surface area contributed by atoms with Crippen LogP contribution in [0.3, 0.4) is 0 Å². The van der Waals surface area contributed by atoms with Gasteiger partial charge in [-0.05, 0) is 43.7 Å². The van der Waals surface area contributed by atoms with Gasteiger partial charge in [-0.2, -0.15) is 0 Å². The summed E-state index contributed by atoms with van der Waals surface area (Å²) in [7, 11) is 0. The lowest BCUT2D eigenvalue weighted by Gasteiger charge is -2.26. The van der Waals surface area contributed by atoms with E-state index in [-0.39, 0.29) is 5.82 Å². The molecular weight excluding hydrogens is 297 g/mol. The summed E-state index contributed by atoms with van der Waals surface area (Å²) in [6.45, 7) is 3.28. The molecule has 0 saturated heterocycles. The van der Waals surface area contributed by atoms with E-state index in [2.05, 4.69) is 0 Å². The molecule has 0 spiro atoms. The van der Waals surface area contributed by atoms with E-state index in [1.807, 2.05) is 18.2 Å². The lowest BCUT2D eigenvalue weighted by atomic mass is 10.0. The summed E-state index contributed by atoms with van der Waals surface area (Å²) in [6.07, 6.45) is -1.15. The maximum absolute atomic E-state index is 13.2. The molecule has 4 nitrogen and oxygen atoms in total. The van der Waals surface area contributed by atoms with Crippen molar-refractivity contribution in [3.63, 3.8) is 0 Å². The van der Waals surface area contributed by atoms with Crippen LogP contribution in [0.2, 0.25) is 0 Å². The molecule has 0 bridgehead atoms. The summed E-state index contributed by atoms with van der Waals surface area (Å²) < 4.78 is 24.4. The van der Waals surface area contributed by atoms with Crippen molar-refractivity contribution in [3.05, 3.63) is 66.0 Å². The molecule has 0 saturated carbocycles. The van der Waals surface area contributed by atoms with Gasteiger partial charge in [0.2, 0.25) is 0 Å². The SMILES string of the molecule is CC(N)C(=O)O[C@@H](C)[C@H](Oc1ccccc1)c1ccc(F)cc1. The number of hydrogen-bond donors (Lipinski definition) is 1. The second kappa shape index (κ2) is 7.74. The van der Waals surface area contributed by atoms with Crippen LogP contribution in [0.1, 0.15) is 25.5 Å². The summed E-state index contributed by atoms with van der Waals surface area (Å²) in [5, 5.41) is 0. The molecule has 0 aliphatic heterocycles. The molecule has 2 rings (SSSR count). The van der Waals surface area contributed by atoms with Gasteiger partial charge in [-0.25, -0.2) is 4.39 Å². The Hall–Kier alpha value is -2.40. The van der Waals surface area contributed by atoms with E-state index in [9.17, 15) is 9.18 Å². The quantitative estimate of drug-likeness (QED) is 0.831. The van der Waals surface area contributed by atoms with Crippen LogP contribution in [0.5, 0.6) is 5.75 Å². The molecule has 2 aromatic rings. The minimum absolute atomic E-state index is 0.340. The molecule has 2 N–H and O–H groups in total. The first kappa shape index (κ1) is 17.0. The van der Waals surface area contributed by atoms with E-state index in [4.69, 9.17) is 15.2 Å². The van der Waals surface area contributed by atoms with E-state index in [0.717, 1.165) is 0 Å². The first-order valence-electron chi connectivity index (χ1n) is 7.40. The lowest BCUT2D eigenvalue weighted by molar-refractivity contribution is -0.154. The standard InChI is InChI=1S/C18H20FNO3/c1-12(20)18(21)22-13(2)17(14-8-10-15(19)11-9-14)23-16-6-4-3-5-7-16/h3-13,17H,20H2,1-2H3/t12?,13-,17-/m0/s1. The van der Waals surface area contributed by atoms with Crippen molar-refractivity contribution in [2.24, 2.45) is 5.73 Å². The number of para-hydroxylation sites is 1. The number of nitrogens with two attached hydrogens (primary N) is 1. The van der Waals surface area contributed by atoms with Crippen molar-refractivity contribution in [2.45, 2.75) is 32.1 Å². The first-order chi connectivity index (χ1) is 11.0. The maximum Gasteiger partial charge on any atom is 0.323 e. The van der Waals surface area contributed by atoms with Crippen LogP contribution in [-0.2, 0) is 9.53 Å². The topological polar surface area (TPSA) is 61.6 Å². The Morgan fingerprint density at radius 3 is 2.22 bits per heavy atom. The van der Waals surface area contributed by atoms with Gasteiger partial charge < -0.3 is 15.2 Å². The Kier molecular flexibility index (Phi) is 5.71. The summed E-state index contributed by atoms with van der Waals surface area (Å²) in [4.78, 5) is 11.7. The number of hydrogen-bond acceptors (Lipinski definition) is 4. The summed E-state index contributed by atoms with van der Waals surface area (Å²) in [5.74, 6) is -0.223. The number of carbonyl (C=O) groups excluding carboxylic acids is 1. The van der Waals surface area contributed by atoms with Crippen LogP contribution < -0.4 is 10.5 Å². The van der Waals surface area contributed by atoms with Gasteiger partial charge in [0, 0.05) is 0 Å². The number of carbonyl (C=O) groups is 1. The van der Waals surface area contributed by atoms with Crippen LogP contribution in [-0.4, -0.2) is 18.1 Å². The lowest BCUT2D eigenvalue weighted by Crippen LogP contribution is -2.34. The molecule has 0 radical (unpaired) electrons. The molecule has 0 amide bonds. The monoisotopic (exact) mass is 317 g/mol. The highest BCUT2D eigenvalue weighted by molar-refractivity contribution is 5.75. The third kappa shape index (κ3) is 4.79. The van der Waals surface area contributed by atoms with Gasteiger partial charge >= 0.3 is 5.97 Å². The average Bonchev–Trinajstić information content (AvgIpc) is 2.54. The predicted octanol–water partition coefficient (Wildman–Crippen LogP) is 3.22. The summed E-state index contributed by atoms with van der Waals surface area (Å²) >= 11 is 0. The van der Waals surface area contributed by atoms with Crippen LogP contribution >= 0.6 is 0 Å². The molecule has 1 unspecified atom stereocenters. The molecule has 23 heavy (non-hydrogen) atoms. The molecule has 0 aromatic heterocycles. The van der Waals surface area contributed by atoms with Gasteiger partial charge in [-0.3, -0.25) is 4.79 Å². The minimum Gasteiger partial charge on any atom is -0.482 e. The maximum atomic E-state index is 13.2. The summed E-state index contributed by atoms with van der Waals surface area (Å²) in [5.41, 5.74) is 6.24. The highest BCUT2D eigenvalue weighted by atomic mass is 19.1. The molecule has 0 heterocycles.